The fraction of sp³-hybridized carbons (Fsp3) is 0.385. The van der Waals surface area contributed by atoms with Gasteiger partial charge in [0.1, 0.15) is 11.8 Å². The molecular weight excluding hydrogens is 246 g/mol. The molecule has 1 aliphatic heterocycles. The SMILES string of the molecule is CCOc1ccc(NC(=O)C2CNC(=O)CN2)cc1. The van der Waals surface area contributed by atoms with Gasteiger partial charge in [0.05, 0.1) is 13.2 Å². The third kappa shape index (κ3) is 3.69. The fourth-order valence-corrected chi connectivity index (χ4v) is 1.78. The number of nitrogens with one attached hydrogen (secondary N) is 3. The second-order valence-corrected chi connectivity index (χ2v) is 4.18. The number of ether oxygens (including phenoxy) is 1. The van der Waals surface area contributed by atoms with Gasteiger partial charge in [-0.3, -0.25) is 14.9 Å². The van der Waals surface area contributed by atoms with Crippen LogP contribution in [0.2, 0.25) is 0 Å². The molecule has 1 heterocycles. The number of hydrogen-bond donors (Lipinski definition) is 3. The maximum atomic E-state index is 11.9. The highest BCUT2D eigenvalue weighted by molar-refractivity contribution is 5.96. The third-order valence-electron chi connectivity index (χ3n) is 2.76. The molecule has 1 aromatic rings. The number of rotatable bonds is 4. The van der Waals surface area contributed by atoms with Crippen molar-refractivity contribution >= 4 is 17.5 Å². The zero-order valence-electron chi connectivity index (χ0n) is 10.7. The van der Waals surface area contributed by atoms with Crippen molar-refractivity contribution in [2.24, 2.45) is 0 Å². The van der Waals surface area contributed by atoms with E-state index < -0.39 is 6.04 Å². The number of piperazine rings is 1. The highest BCUT2D eigenvalue weighted by Gasteiger charge is 2.23. The highest BCUT2D eigenvalue weighted by Crippen LogP contribution is 2.15. The van der Waals surface area contributed by atoms with Gasteiger partial charge in [0, 0.05) is 12.2 Å². The summed E-state index contributed by atoms with van der Waals surface area (Å²) in [6, 6.07) is 6.77. The molecule has 0 aliphatic carbocycles. The summed E-state index contributed by atoms with van der Waals surface area (Å²) in [5.74, 6) is 0.512. The average Bonchev–Trinajstić information content (AvgIpc) is 2.42. The minimum absolute atomic E-state index is 0.0925. The van der Waals surface area contributed by atoms with Gasteiger partial charge < -0.3 is 15.4 Å². The van der Waals surface area contributed by atoms with Crippen LogP contribution in [0.3, 0.4) is 0 Å². The van der Waals surface area contributed by atoms with Crippen molar-refractivity contribution in [1.82, 2.24) is 10.6 Å². The Hall–Kier alpha value is -2.08. The summed E-state index contributed by atoms with van der Waals surface area (Å²) in [5.41, 5.74) is 0.701. The van der Waals surface area contributed by atoms with Crippen LogP contribution in [-0.4, -0.2) is 37.6 Å². The van der Waals surface area contributed by atoms with Crippen molar-refractivity contribution < 1.29 is 14.3 Å². The van der Waals surface area contributed by atoms with Crippen molar-refractivity contribution in [3.05, 3.63) is 24.3 Å². The second-order valence-electron chi connectivity index (χ2n) is 4.18. The normalized spacial score (nSPS) is 18.6. The van der Waals surface area contributed by atoms with Gasteiger partial charge >= 0.3 is 0 Å². The highest BCUT2D eigenvalue weighted by atomic mass is 16.5. The molecule has 1 saturated heterocycles. The van der Waals surface area contributed by atoms with Crippen LogP contribution in [0.25, 0.3) is 0 Å². The topological polar surface area (TPSA) is 79.5 Å². The van der Waals surface area contributed by atoms with Gasteiger partial charge in [0.2, 0.25) is 11.8 Å². The molecule has 1 unspecified atom stereocenters. The monoisotopic (exact) mass is 263 g/mol. The van der Waals surface area contributed by atoms with Crippen LogP contribution >= 0.6 is 0 Å². The lowest BCUT2D eigenvalue weighted by molar-refractivity contribution is -0.124. The van der Waals surface area contributed by atoms with Crippen molar-refractivity contribution in [3.63, 3.8) is 0 Å². The Morgan fingerprint density at radius 2 is 2.16 bits per heavy atom. The first-order valence-electron chi connectivity index (χ1n) is 6.23. The molecule has 0 radical (unpaired) electrons. The van der Waals surface area contributed by atoms with E-state index in [4.69, 9.17) is 4.74 Å². The number of hydrogen-bond acceptors (Lipinski definition) is 4. The molecule has 0 aromatic heterocycles. The molecular formula is C13H17N3O3. The summed E-state index contributed by atoms with van der Waals surface area (Å²) in [6.07, 6.45) is 0. The first-order valence-corrected chi connectivity index (χ1v) is 6.23. The van der Waals surface area contributed by atoms with E-state index in [2.05, 4.69) is 16.0 Å². The van der Waals surface area contributed by atoms with Gasteiger partial charge in [-0.1, -0.05) is 0 Å². The van der Waals surface area contributed by atoms with Gasteiger partial charge in [-0.15, -0.1) is 0 Å². The van der Waals surface area contributed by atoms with Crippen molar-refractivity contribution in [2.75, 3.05) is 25.0 Å². The molecule has 19 heavy (non-hydrogen) atoms. The van der Waals surface area contributed by atoms with Crippen LogP contribution < -0.4 is 20.7 Å². The molecule has 2 rings (SSSR count). The van der Waals surface area contributed by atoms with Crippen molar-refractivity contribution in [1.29, 1.82) is 0 Å². The van der Waals surface area contributed by atoms with E-state index >= 15 is 0 Å². The standard InChI is InChI=1S/C13H17N3O3/c1-2-19-10-5-3-9(4-6-10)16-13(18)11-7-15-12(17)8-14-11/h3-6,11,14H,2,7-8H2,1H3,(H,15,17)(H,16,18). The second kappa shape index (κ2) is 6.19. The van der Waals surface area contributed by atoms with E-state index in [0.29, 0.717) is 18.8 Å². The lowest BCUT2D eigenvalue weighted by atomic mass is 10.2. The summed E-state index contributed by atoms with van der Waals surface area (Å²) in [4.78, 5) is 22.9. The van der Waals surface area contributed by atoms with Crippen LogP contribution in [0.15, 0.2) is 24.3 Å². The Balaban J connectivity index is 1.89. The Morgan fingerprint density at radius 3 is 2.74 bits per heavy atom. The lowest BCUT2D eigenvalue weighted by Gasteiger charge is -2.23. The molecule has 6 nitrogen and oxygen atoms in total. The summed E-state index contributed by atoms with van der Waals surface area (Å²) in [7, 11) is 0. The van der Waals surface area contributed by atoms with Crippen molar-refractivity contribution in [3.8, 4) is 5.75 Å². The van der Waals surface area contributed by atoms with Gasteiger partial charge in [0.25, 0.3) is 0 Å². The number of carbonyl (C=O) groups excluding carboxylic acids is 2. The maximum absolute atomic E-state index is 11.9. The maximum Gasteiger partial charge on any atom is 0.243 e. The van der Waals surface area contributed by atoms with E-state index in [9.17, 15) is 9.59 Å². The largest absolute Gasteiger partial charge is 0.494 e. The number of anilines is 1. The Morgan fingerprint density at radius 1 is 1.42 bits per heavy atom. The summed E-state index contributed by atoms with van der Waals surface area (Å²) in [6.45, 7) is 3.00. The van der Waals surface area contributed by atoms with E-state index in [1.54, 1.807) is 24.3 Å². The predicted molar refractivity (Wildman–Crippen MR) is 71.0 cm³/mol. The molecule has 0 bridgehead atoms. The number of amides is 2. The minimum Gasteiger partial charge on any atom is -0.494 e. The molecule has 102 valence electrons. The summed E-state index contributed by atoms with van der Waals surface area (Å²) >= 11 is 0. The smallest absolute Gasteiger partial charge is 0.243 e. The van der Waals surface area contributed by atoms with Gasteiger partial charge in [-0.05, 0) is 31.2 Å². The Kier molecular flexibility index (Phi) is 4.35. The quantitative estimate of drug-likeness (QED) is 0.720. The molecule has 1 aliphatic rings. The third-order valence-corrected chi connectivity index (χ3v) is 2.76. The van der Waals surface area contributed by atoms with Crippen LogP contribution in [0.5, 0.6) is 5.75 Å². The predicted octanol–water partition coefficient (Wildman–Crippen LogP) is 0.112. The molecule has 6 heteroatoms. The van der Waals surface area contributed by atoms with E-state index in [0.717, 1.165) is 5.75 Å². The van der Waals surface area contributed by atoms with Crippen LogP contribution in [0.4, 0.5) is 5.69 Å². The van der Waals surface area contributed by atoms with E-state index in [-0.39, 0.29) is 18.4 Å². The van der Waals surface area contributed by atoms with Crippen molar-refractivity contribution in [2.45, 2.75) is 13.0 Å². The van der Waals surface area contributed by atoms with E-state index in [1.165, 1.54) is 0 Å². The van der Waals surface area contributed by atoms with Crippen LogP contribution in [0, 0.1) is 0 Å². The Labute approximate surface area is 111 Å². The Bertz CT molecular complexity index is 449. The molecule has 2 amide bonds. The minimum atomic E-state index is -0.399. The molecule has 1 fully saturated rings. The summed E-state index contributed by atoms with van der Waals surface area (Å²) in [5, 5.41) is 8.30. The first kappa shape index (κ1) is 13.4. The van der Waals surface area contributed by atoms with Gasteiger partial charge in [-0.25, -0.2) is 0 Å². The first-order chi connectivity index (χ1) is 9.19. The lowest BCUT2D eigenvalue weighted by Crippen LogP contribution is -2.56. The molecule has 1 atom stereocenters. The molecule has 1 aromatic carbocycles. The average molecular weight is 263 g/mol. The van der Waals surface area contributed by atoms with Crippen LogP contribution in [0.1, 0.15) is 6.92 Å². The zero-order valence-corrected chi connectivity index (χ0v) is 10.7. The molecule has 0 spiro atoms. The molecule has 0 saturated carbocycles. The number of benzene rings is 1. The summed E-state index contributed by atoms with van der Waals surface area (Å²) < 4.78 is 5.32. The number of carbonyl (C=O) groups is 2. The molecule has 3 N–H and O–H groups in total. The van der Waals surface area contributed by atoms with E-state index in [1.807, 2.05) is 6.92 Å². The van der Waals surface area contributed by atoms with Gasteiger partial charge in [-0.2, -0.15) is 0 Å². The van der Waals surface area contributed by atoms with Gasteiger partial charge in [0.15, 0.2) is 0 Å². The zero-order chi connectivity index (χ0) is 13.7. The fourth-order valence-electron chi connectivity index (χ4n) is 1.78. The van der Waals surface area contributed by atoms with Crippen LogP contribution in [-0.2, 0) is 9.59 Å².